The predicted octanol–water partition coefficient (Wildman–Crippen LogP) is 2.16. The van der Waals surface area contributed by atoms with Gasteiger partial charge in [-0.3, -0.25) is 4.90 Å². The largest absolute Gasteiger partial charge is 0.494 e. The summed E-state index contributed by atoms with van der Waals surface area (Å²) in [4.78, 5) is 2.40. The Bertz CT molecular complexity index is 741. The molecule has 1 aliphatic heterocycles. The van der Waals surface area contributed by atoms with Gasteiger partial charge in [-0.1, -0.05) is 18.2 Å². The highest BCUT2D eigenvalue weighted by Crippen LogP contribution is 2.29. The van der Waals surface area contributed by atoms with Gasteiger partial charge in [-0.15, -0.1) is 6.58 Å². The number of para-hydroxylation sites is 2. The van der Waals surface area contributed by atoms with Gasteiger partial charge in [-0.2, -0.15) is 5.10 Å². The molecular formula is C20H28N4O2. The summed E-state index contributed by atoms with van der Waals surface area (Å²) >= 11 is 0. The molecule has 0 unspecified atom stereocenters. The van der Waals surface area contributed by atoms with E-state index in [-0.39, 0.29) is 0 Å². The molecule has 0 saturated carbocycles. The van der Waals surface area contributed by atoms with E-state index in [0.717, 1.165) is 56.3 Å². The van der Waals surface area contributed by atoms with Crippen LogP contribution in [0.3, 0.4) is 0 Å². The molecule has 0 radical (unpaired) electrons. The Morgan fingerprint density at radius 2 is 2.15 bits per heavy atom. The van der Waals surface area contributed by atoms with Crippen LogP contribution >= 0.6 is 0 Å². The van der Waals surface area contributed by atoms with Gasteiger partial charge in [-0.25, -0.2) is 4.68 Å². The van der Waals surface area contributed by atoms with Crippen LogP contribution in [-0.4, -0.2) is 55.1 Å². The number of ether oxygens (including phenoxy) is 2. The molecule has 6 nitrogen and oxygen atoms in total. The summed E-state index contributed by atoms with van der Waals surface area (Å²) < 4.78 is 12.7. The average molecular weight is 356 g/mol. The molecule has 0 fully saturated rings. The van der Waals surface area contributed by atoms with Gasteiger partial charge < -0.3 is 14.8 Å². The number of rotatable bonds is 9. The molecule has 0 spiro atoms. The Hall–Kier alpha value is -2.15. The highest BCUT2D eigenvalue weighted by Gasteiger charge is 2.25. The van der Waals surface area contributed by atoms with E-state index in [4.69, 9.17) is 14.6 Å². The summed E-state index contributed by atoms with van der Waals surface area (Å²) in [6.45, 7) is 8.92. The fourth-order valence-corrected chi connectivity index (χ4v) is 3.41. The first-order valence-corrected chi connectivity index (χ1v) is 9.04. The second kappa shape index (κ2) is 8.98. The molecule has 0 amide bonds. The highest BCUT2D eigenvalue weighted by atomic mass is 16.5. The zero-order chi connectivity index (χ0) is 18.4. The van der Waals surface area contributed by atoms with E-state index in [1.165, 1.54) is 11.3 Å². The Labute approximate surface area is 155 Å². The lowest BCUT2D eigenvalue weighted by molar-refractivity contribution is 0.199. The summed E-state index contributed by atoms with van der Waals surface area (Å²) in [5, 5.41) is 8.37. The second-order valence-corrected chi connectivity index (χ2v) is 6.40. The summed E-state index contributed by atoms with van der Waals surface area (Å²) in [6, 6.07) is 8.05. The molecule has 6 heteroatoms. The van der Waals surface area contributed by atoms with Crippen LogP contribution in [0.25, 0.3) is 5.69 Å². The van der Waals surface area contributed by atoms with Gasteiger partial charge in [0.15, 0.2) is 0 Å². The summed E-state index contributed by atoms with van der Waals surface area (Å²) in [5.74, 6) is 0.838. The van der Waals surface area contributed by atoms with Crippen LogP contribution in [0, 0.1) is 0 Å². The SMILES string of the molecule is C=CCN1CCc2c(c(CNCCOC)nn2-c2ccccc2OC)C1. The standard InChI is InChI=1S/C20H28N4O2/c1-4-11-23-12-9-18-16(15-23)17(14-21-10-13-25-2)22-24(18)19-7-5-6-8-20(19)26-3/h4-8,21H,1,9-15H2,2-3H3. The maximum absolute atomic E-state index is 5.56. The minimum Gasteiger partial charge on any atom is -0.494 e. The van der Waals surface area contributed by atoms with Gasteiger partial charge in [0.2, 0.25) is 0 Å². The molecule has 0 atom stereocenters. The van der Waals surface area contributed by atoms with Crippen molar-refractivity contribution in [3.8, 4) is 11.4 Å². The average Bonchev–Trinajstić information content (AvgIpc) is 3.03. The zero-order valence-electron chi connectivity index (χ0n) is 15.7. The molecule has 0 aliphatic carbocycles. The smallest absolute Gasteiger partial charge is 0.144 e. The van der Waals surface area contributed by atoms with Crippen LogP contribution in [0.1, 0.15) is 17.0 Å². The lowest BCUT2D eigenvalue weighted by Crippen LogP contribution is -2.31. The molecule has 2 aromatic rings. The molecule has 1 aromatic heterocycles. The Morgan fingerprint density at radius 3 is 2.92 bits per heavy atom. The molecule has 0 saturated heterocycles. The van der Waals surface area contributed by atoms with Crippen molar-refractivity contribution in [3.63, 3.8) is 0 Å². The van der Waals surface area contributed by atoms with Crippen molar-refractivity contribution in [2.75, 3.05) is 40.5 Å². The first-order chi connectivity index (χ1) is 12.8. The van der Waals surface area contributed by atoms with Gasteiger partial charge in [0, 0.05) is 51.8 Å². The fraction of sp³-hybridized carbons (Fsp3) is 0.450. The molecule has 0 bridgehead atoms. The number of nitrogens with one attached hydrogen (secondary N) is 1. The van der Waals surface area contributed by atoms with Crippen molar-refractivity contribution in [2.24, 2.45) is 0 Å². The van der Waals surface area contributed by atoms with Crippen molar-refractivity contribution in [1.82, 2.24) is 20.0 Å². The molecular weight excluding hydrogens is 328 g/mol. The van der Waals surface area contributed by atoms with Gasteiger partial charge in [0.05, 0.1) is 25.1 Å². The van der Waals surface area contributed by atoms with Crippen LogP contribution in [0.15, 0.2) is 36.9 Å². The zero-order valence-corrected chi connectivity index (χ0v) is 15.7. The van der Waals surface area contributed by atoms with Crippen molar-refractivity contribution >= 4 is 0 Å². The molecule has 1 N–H and O–H groups in total. The van der Waals surface area contributed by atoms with Crippen molar-refractivity contribution in [2.45, 2.75) is 19.5 Å². The fourth-order valence-electron chi connectivity index (χ4n) is 3.41. The van der Waals surface area contributed by atoms with Crippen LogP contribution < -0.4 is 10.1 Å². The first kappa shape index (κ1) is 18.6. The van der Waals surface area contributed by atoms with Crippen LogP contribution in [0.2, 0.25) is 0 Å². The monoisotopic (exact) mass is 356 g/mol. The van der Waals surface area contributed by atoms with Crippen LogP contribution in [-0.2, 0) is 24.2 Å². The Kier molecular flexibility index (Phi) is 6.44. The molecule has 1 aliphatic rings. The van der Waals surface area contributed by atoms with Gasteiger partial charge in [0.25, 0.3) is 0 Å². The number of hydrogen-bond donors (Lipinski definition) is 1. The van der Waals surface area contributed by atoms with Crippen molar-refractivity contribution < 1.29 is 9.47 Å². The highest BCUT2D eigenvalue weighted by molar-refractivity contribution is 5.49. The summed E-state index contributed by atoms with van der Waals surface area (Å²) in [5.41, 5.74) is 4.68. The van der Waals surface area contributed by atoms with Gasteiger partial charge in [0.1, 0.15) is 11.4 Å². The van der Waals surface area contributed by atoms with Crippen LogP contribution in [0.4, 0.5) is 0 Å². The van der Waals surface area contributed by atoms with Gasteiger partial charge in [-0.05, 0) is 12.1 Å². The van der Waals surface area contributed by atoms with Crippen LogP contribution in [0.5, 0.6) is 5.75 Å². The number of aromatic nitrogens is 2. The van der Waals surface area contributed by atoms with E-state index in [0.29, 0.717) is 6.61 Å². The summed E-state index contributed by atoms with van der Waals surface area (Å²) in [6.07, 6.45) is 2.93. The third kappa shape index (κ3) is 3.98. The number of methoxy groups -OCH3 is 2. The Morgan fingerprint density at radius 1 is 1.31 bits per heavy atom. The molecule has 3 rings (SSSR count). The van der Waals surface area contributed by atoms with E-state index in [1.807, 2.05) is 24.3 Å². The maximum Gasteiger partial charge on any atom is 0.144 e. The van der Waals surface area contributed by atoms with Crippen molar-refractivity contribution in [3.05, 3.63) is 53.9 Å². The van der Waals surface area contributed by atoms with E-state index >= 15 is 0 Å². The lowest BCUT2D eigenvalue weighted by atomic mass is 10.0. The summed E-state index contributed by atoms with van der Waals surface area (Å²) in [7, 11) is 3.42. The number of hydrogen-bond acceptors (Lipinski definition) is 5. The van der Waals surface area contributed by atoms with E-state index in [2.05, 4.69) is 27.5 Å². The Balaban J connectivity index is 1.94. The molecule has 2 heterocycles. The third-order valence-electron chi connectivity index (χ3n) is 4.70. The maximum atomic E-state index is 5.56. The topological polar surface area (TPSA) is 51.5 Å². The first-order valence-electron chi connectivity index (χ1n) is 9.04. The molecule has 26 heavy (non-hydrogen) atoms. The third-order valence-corrected chi connectivity index (χ3v) is 4.70. The van der Waals surface area contributed by atoms with Crippen molar-refractivity contribution in [1.29, 1.82) is 0 Å². The van der Waals surface area contributed by atoms with Gasteiger partial charge >= 0.3 is 0 Å². The number of benzene rings is 1. The molecule has 1 aromatic carbocycles. The van der Waals surface area contributed by atoms with E-state index in [9.17, 15) is 0 Å². The lowest BCUT2D eigenvalue weighted by Gasteiger charge is -2.26. The number of fused-ring (bicyclic) bond motifs is 1. The minimum atomic E-state index is 0.692. The second-order valence-electron chi connectivity index (χ2n) is 6.40. The number of nitrogens with zero attached hydrogens (tertiary/aromatic N) is 3. The quantitative estimate of drug-likeness (QED) is 0.551. The normalized spacial score (nSPS) is 14.2. The van der Waals surface area contributed by atoms with E-state index < -0.39 is 0 Å². The molecule has 140 valence electrons. The van der Waals surface area contributed by atoms with E-state index in [1.54, 1.807) is 14.2 Å². The predicted molar refractivity (Wildman–Crippen MR) is 103 cm³/mol. The minimum absolute atomic E-state index is 0.692.